The Morgan fingerprint density at radius 1 is 0.489 bits per heavy atom. The third-order valence-electron chi connectivity index (χ3n) is 9.34. The molecule has 0 aromatic carbocycles. The Hall–Kier alpha value is -0.680. The molecule has 1 rings (SSSR count). The summed E-state index contributed by atoms with van der Waals surface area (Å²) in [6.07, 6.45) is 46.0. The molecule has 0 aliphatic carbocycles. The van der Waals surface area contributed by atoms with Gasteiger partial charge in [-0.25, -0.2) is 0 Å². The van der Waals surface area contributed by atoms with Gasteiger partial charge in [-0.2, -0.15) is 0 Å². The maximum Gasteiger partial charge on any atom is 0.114 e. The summed E-state index contributed by atoms with van der Waals surface area (Å²) in [7, 11) is 0. The molecule has 0 radical (unpaired) electrons. The molecule has 3 atom stereocenters. The summed E-state index contributed by atoms with van der Waals surface area (Å²) >= 11 is 0. The van der Waals surface area contributed by atoms with Crippen molar-refractivity contribution in [2.75, 3.05) is 26.4 Å². The van der Waals surface area contributed by atoms with Gasteiger partial charge in [0.15, 0.2) is 0 Å². The summed E-state index contributed by atoms with van der Waals surface area (Å²) in [5, 5.41) is 9.75. The summed E-state index contributed by atoms with van der Waals surface area (Å²) in [6, 6.07) is 0. The number of hydrogen-bond acceptors (Lipinski definition) is 4. The summed E-state index contributed by atoms with van der Waals surface area (Å²) in [4.78, 5) is 0. The van der Waals surface area contributed by atoms with Crippen molar-refractivity contribution in [2.45, 2.75) is 212 Å². The highest BCUT2D eigenvalue weighted by molar-refractivity contribution is 4.86. The standard InChI is InChI=1S/C41H78O4/c1-3-5-7-9-11-13-15-17-19-21-23-25-27-29-31-33-35-43-40-38-45-39(37-42)41(40)44-36-34-32-30-28-26-24-22-20-18-16-14-12-10-8-6-4-2/h17-20,39-42H,3-16,21-38H2,1-2H3/b19-17-,20-18-/t39-,40+,41+/m1/s1. The second-order valence-corrected chi connectivity index (χ2v) is 13.7. The van der Waals surface area contributed by atoms with Gasteiger partial charge in [0.25, 0.3) is 0 Å². The molecule has 4 heteroatoms. The molecule has 1 fully saturated rings. The van der Waals surface area contributed by atoms with Crippen molar-refractivity contribution >= 4 is 0 Å². The Morgan fingerprint density at radius 2 is 0.844 bits per heavy atom. The first-order valence-corrected chi connectivity index (χ1v) is 20.1. The van der Waals surface area contributed by atoms with Gasteiger partial charge in [-0.15, -0.1) is 0 Å². The van der Waals surface area contributed by atoms with Crippen LogP contribution < -0.4 is 0 Å². The van der Waals surface area contributed by atoms with Crippen molar-refractivity contribution < 1.29 is 19.3 Å². The zero-order chi connectivity index (χ0) is 32.3. The number of rotatable bonds is 35. The van der Waals surface area contributed by atoms with Crippen molar-refractivity contribution in [1.82, 2.24) is 0 Å². The van der Waals surface area contributed by atoms with Crippen molar-refractivity contribution in [1.29, 1.82) is 0 Å². The molecule has 0 saturated carbocycles. The first-order chi connectivity index (χ1) is 22.3. The van der Waals surface area contributed by atoms with Crippen LogP contribution in [0.25, 0.3) is 0 Å². The monoisotopic (exact) mass is 635 g/mol. The number of unbranched alkanes of at least 4 members (excludes halogenated alkanes) is 24. The topological polar surface area (TPSA) is 47.9 Å². The molecule has 45 heavy (non-hydrogen) atoms. The molecule has 0 unspecified atom stereocenters. The zero-order valence-electron chi connectivity index (χ0n) is 30.3. The van der Waals surface area contributed by atoms with Gasteiger partial charge < -0.3 is 19.3 Å². The Bertz CT molecular complexity index is 633. The van der Waals surface area contributed by atoms with Gasteiger partial charge in [-0.3, -0.25) is 0 Å². The van der Waals surface area contributed by atoms with Crippen LogP contribution in [-0.2, 0) is 14.2 Å². The lowest BCUT2D eigenvalue weighted by molar-refractivity contribution is -0.0719. The molecule has 0 aromatic heterocycles. The van der Waals surface area contributed by atoms with Gasteiger partial charge in [0.2, 0.25) is 0 Å². The predicted molar refractivity (Wildman–Crippen MR) is 195 cm³/mol. The van der Waals surface area contributed by atoms with Crippen LogP contribution in [0.5, 0.6) is 0 Å². The fourth-order valence-corrected chi connectivity index (χ4v) is 6.32. The molecule has 1 aliphatic rings. The van der Waals surface area contributed by atoms with Crippen LogP contribution in [-0.4, -0.2) is 49.8 Å². The van der Waals surface area contributed by atoms with Crippen LogP contribution in [0.3, 0.4) is 0 Å². The smallest absolute Gasteiger partial charge is 0.114 e. The highest BCUT2D eigenvalue weighted by Gasteiger charge is 2.38. The number of allylic oxidation sites excluding steroid dienone is 4. The highest BCUT2D eigenvalue weighted by atomic mass is 16.6. The summed E-state index contributed by atoms with van der Waals surface area (Å²) in [6.45, 7) is 6.61. The maximum atomic E-state index is 9.75. The van der Waals surface area contributed by atoms with Gasteiger partial charge in [0, 0.05) is 13.2 Å². The minimum Gasteiger partial charge on any atom is -0.394 e. The molecule has 1 heterocycles. The number of aliphatic hydroxyl groups is 1. The van der Waals surface area contributed by atoms with Crippen LogP contribution in [0.1, 0.15) is 194 Å². The normalized spacial score (nSPS) is 18.7. The summed E-state index contributed by atoms with van der Waals surface area (Å²) in [5.41, 5.74) is 0. The van der Waals surface area contributed by atoms with E-state index in [2.05, 4.69) is 38.2 Å². The molecule has 0 aromatic rings. The number of aliphatic hydroxyl groups excluding tert-OH is 1. The molecular formula is C41H78O4. The fraction of sp³-hybridized carbons (Fsp3) is 0.902. The zero-order valence-corrected chi connectivity index (χ0v) is 30.3. The molecule has 0 bridgehead atoms. The highest BCUT2D eigenvalue weighted by Crippen LogP contribution is 2.22. The molecule has 0 amide bonds. The third kappa shape index (κ3) is 27.0. The summed E-state index contributed by atoms with van der Waals surface area (Å²) < 4.78 is 18.2. The molecular weight excluding hydrogens is 556 g/mol. The van der Waals surface area contributed by atoms with E-state index in [1.807, 2.05) is 0 Å². The molecule has 266 valence electrons. The van der Waals surface area contributed by atoms with Gasteiger partial charge in [0.05, 0.1) is 13.2 Å². The van der Waals surface area contributed by atoms with Crippen LogP contribution in [0.2, 0.25) is 0 Å². The molecule has 1 saturated heterocycles. The van der Waals surface area contributed by atoms with Crippen LogP contribution in [0.4, 0.5) is 0 Å². The van der Waals surface area contributed by atoms with E-state index < -0.39 is 0 Å². The van der Waals surface area contributed by atoms with E-state index in [1.165, 1.54) is 167 Å². The minimum atomic E-state index is -0.246. The maximum absolute atomic E-state index is 9.75. The van der Waals surface area contributed by atoms with Crippen molar-refractivity contribution in [3.05, 3.63) is 24.3 Å². The number of hydrogen-bond donors (Lipinski definition) is 1. The van der Waals surface area contributed by atoms with Crippen molar-refractivity contribution in [2.24, 2.45) is 0 Å². The van der Waals surface area contributed by atoms with E-state index in [0.29, 0.717) is 6.61 Å². The van der Waals surface area contributed by atoms with Crippen molar-refractivity contribution in [3.8, 4) is 0 Å². The van der Waals surface area contributed by atoms with Gasteiger partial charge in [0.1, 0.15) is 18.3 Å². The Kier molecular flexibility index (Phi) is 32.6. The summed E-state index contributed by atoms with van der Waals surface area (Å²) in [5.74, 6) is 0. The largest absolute Gasteiger partial charge is 0.394 e. The predicted octanol–water partition coefficient (Wildman–Crippen LogP) is 12.2. The Labute approximate surface area is 281 Å². The molecule has 0 spiro atoms. The molecule has 1 N–H and O–H groups in total. The van der Waals surface area contributed by atoms with Gasteiger partial charge in [-0.05, 0) is 64.2 Å². The number of ether oxygens (including phenoxy) is 3. The van der Waals surface area contributed by atoms with Gasteiger partial charge in [-0.1, -0.05) is 154 Å². The Morgan fingerprint density at radius 3 is 1.24 bits per heavy atom. The average Bonchev–Trinajstić information content (AvgIpc) is 3.45. The lowest BCUT2D eigenvalue weighted by Crippen LogP contribution is -2.37. The Balaban J connectivity index is 1.93. The quantitative estimate of drug-likeness (QED) is 0.0556. The third-order valence-corrected chi connectivity index (χ3v) is 9.34. The van der Waals surface area contributed by atoms with Crippen LogP contribution >= 0.6 is 0 Å². The van der Waals surface area contributed by atoms with E-state index in [9.17, 15) is 5.11 Å². The first-order valence-electron chi connectivity index (χ1n) is 20.1. The lowest BCUT2D eigenvalue weighted by Gasteiger charge is -2.22. The fourth-order valence-electron chi connectivity index (χ4n) is 6.32. The average molecular weight is 635 g/mol. The molecule has 4 nitrogen and oxygen atoms in total. The van der Waals surface area contributed by atoms with Crippen molar-refractivity contribution in [3.63, 3.8) is 0 Å². The van der Waals surface area contributed by atoms with E-state index >= 15 is 0 Å². The van der Waals surface area contributed by atoms with E-state index in [4.69, 9.17) is 14.2 Å². The second kappa shape index (κ2) is 34.6. The van der Waals surface area contributed by atoms with E-state index in [1.54, 1.807) is 0 Å². The SMILES string of the molecule is CCCCCCCC/C=C\CCCCCCCCO[C@@H]1[C@@H](OCCCCCCCC/C=C\CCCCCCCC)CO[C@@H]1CO. The first kappa shape index (κ1) is 42.3. The lowest BCUT2D eigenvalue weighted by atomic mass is 10.1. The van der Waals surface area contributed by atoms with Crippen LogP contribution in [0, 0.1) is 0 Å². The molecule has 1 aliphatic heterocycles. The minimum absolute atomic E-state index is 0.00612. The van der Waals surface area contributed by atoms with Crippen LogP contribution in [0.15, 0.2) is 24.3 Å². The van der Waals surface area contributed by atoms with E-state index in [-0.39, 0.29) is 24.9 Å². The van der Waals surface area contributed by atoms with E-state index in [0.717, 1.165) is 26.1 Å². The second-order valence-electron chi connectivity index (χ2n) is 13.7. The van der Waals surface area contributed by atoms with Gasteiger partial charge >= 0.3 is 0 Å².